The number of hydrogen-bond donors (Lipinski definition) is 1. The van der Waals surface area contributed by atoms with Gasteiger partial charge in [-0.25, -0.2) is 0 Å². The van der Waals surface area contributed by atoms with E-state index in [0.29, 0.717) is 5.92 Å². The van der Waals surface area contributed by atoms with E-state index in [0.717, 1.165) is 32.0 Å². The molecule has 3 nitrogen and oxygen atoms in total. The van der Waals surface area contributed by atoms with E-state index >= 15 is 0 Å². The zero-order valence-electron chi connectivity index (χ0n) is 11.3. The van der Waals surface area contributed by atoms with Crippen LogP contribution in [0, 0.1) is 0 Å². The van der Waals surface area contributed by atoms with Gasteiger partial charge in [0.25, 0.3) is 0 Å². The summed E-state index contributed by atoms with van der Waals surface area (Å²) in [5.74, 6) is 1.51. The van der Waals surface area contributed by atoms with E-state index in [9.17, 15) is 0 Å². The summed E-state index contributed by atoms with van der Waals surface area (Å²) in [4.78, 5) is 0. The third-order valence-corrected chi connectivity index (χ3v) is 3.70. The van der Waals surface area contributed by atoms with E-state index in [1.165, 1.54) is 11.3 Å². The molecule has 0 aliphatic carbocycles. The van der Waals surface area contributed by atoms with Crippen molar-refractivity contribution in [2.75, 3.05) is 13.2 Å². The van der Waals surface area contributed by atoms with Crippen LogP contribution >= 0.6 is 0 Å². The van der Waals surface area contributed by atoms with Crippen molar-refractivity contribution in [3.8, 4) is 5.75 Å². The Bertz CT molecular complexity index is 547. The summed E-state index contributed by atoms with van der Waals surface area (Å²) in [6, 6.07) is 12.7. The molecule has 100 valence electrons. The molecule has 19 heavy (non-hydrogen) atoms. The maximum Gasteiger partial charge on any atom is 0.122 e. The number of ether oxygens (including phenoxy) is 1. The fourth-order valence-electron chi connectivity index (χ4n) is 2.66. The predicted octanol–water partition coefficient (Wildman–Crippen LogP) is 2.77. The summed E-state index contributed by atoms with van der Waals surface area (Å²) < 4.78 is 8.08. The molecule has 1 aromatic carbocycles. The van der Waals surface area contributed by atoms with Crippen molar-refractivity contribution in [3.05, 3.63) is 53.9 Å². The van der Waals surface area contributed by atoms with Gasteiger partial charge in [0.1, 0.15) is 5.75 Å². The highest BCUT2D eigenvalue weighted by Gasteiger charge is 2.24. The van der Waals surface area contributed by atoms with Gasteiger partial charge in [0, 0.05) is 36.5 Å². The fourth-order valence-corrected chi connectivity index (χ4v) is 2.66. The number of benzene rings is 1. The summed E-state index contributed by atoms with van der Waals surface area (Å²) in [5.41, 5.74) is 2.68. The number of para-hydroxylation sites is 1. The van der Waals surface area contributed by atoms with Crippen LogP contribution in [0.4, 0.5) is 0 Å². The highest BCUT2D eigenvalue weighted by atomic mass is 16.5. The topological polar surface area (TPSA) is 26.2 Å². The molecule has 0 radical (unpaired) electrons. The number of rotatable bonds is 5. The van der Waals surface area contributed by atoms with Crippen LogP contribution in [0.1, 0.15) is 24.1 Å². The molecule has 1 aliphatic rings. The van der Waals surface area contributed by atoms with Crippen molar-refractivity contribution >= 4 is 0 Å². The standard InChI is InChI=1S/C16H20N2O/c1-2-17-10-14-6-5-9-18(14)11-13-12-19-16-8-4-3-7-15(13)16/h3-9,13,17H,2,10-12H2,1H3. The van der Waals surface area contributed by atoms with Crippen molar-refractivity contribution in [1.29, 1.82) is 0 Å². The Balaban J connectivity index is 1.74. The van der Waals surface area contributed by atoms with Crippen LogP contribution < -0.4 is 10.1 Å². The lowest BCUT2D eigenvalue weighted by molar-refractivity contribution is 0.318. The lowest BCUT2D eigenvalue weighted by Crippen LogP contribution is -2.17. The van der Waals surface area contributed by atoms with Gasteiger partial charge < -0.3 is 14.6 Å². The molecule has 1 N–H and O–H groups in total. The average molecular weight is 256 g/mol. The van der Waals surface area contributed by atoms with Gasteiger partial charge in [0.2, 0.25) is 0 Å². The fraction of sp³-hybridized carbons (Fsp3) is 0.375. The minimum absolute atomic E-state index is 0.462. The molecule has 0 spiro atoms. The molecule has 2 heterocycles. The zero-order chi connectivity index (χ0) is 13.1. The van der Waals surface area contributed by atoms with E-state index in [2.05, 4.69) is 53.3 Å². The maximum absolute atomic E-state index is 5.75. The largest absolute Gasteiger partial charge is 0.493 e. The van der Waals surface area contributed by atoms with E-state index < -0.39 is 0 Å². The molecule has 0 fully saturated rings. The quantitative estimate of drug-likeness (QED) is 0.890. The van der Waals surface area contributed by atoms with E-state index in [1.54, 1.807) is 0 Å². The van der Waals surface area contributed by atoms with Crippen molar-refractivity contribution in [1.82, 2.24) is 9.88 Å². The van der Waals surface area contributed by atoms with Gasteiger partial charge in [-0.15, -0.1) is 0 Å². The lowest BCUT2D eigenvalue weighted by atomic mass is 10.0. The second kappa shape index (κ2) is 5.49. The number of aromatic nitrogens is 1. The van der Waals surface area contributed by atoms with E-state index in [-0.39, 0.29) is 0 Å². The van der Waals surface area contributed by atoms with Gasteiger partial charge in [0.15, 0.2) is 0 Å². The first kappa shape index (κ1) is 12.3. The second-order valence-corrected chi connectivity index (χ2v) is 4.98. The smallest absolute Gasteiger partial charge is 0.122 e. The number of nitrogens with zero attached hydrogens (tertiary/aromatic N) is 1. The van der Waals surface area contributed by atoms with Crippen molar-refractivity contribution in [2.24, 2.45) is 0 Å². The summed E-state index contributed by atoms with van der Waals surface area (Å²) >= 11 is 0. The Kier molecular flexibility index (Phi) is 3.56. The molecule has 0 bridgehead atoms. The third-order valence-electron chi connectivity index (χ3n) is 3.70. The Morgan fingerprint density at radius 2 is 2.16 bits per heavy atom. The second-order valence-electron chi connectivity index (χ2n) is 4.98. The summed E-state index contributed by atoms with van der Waals surface area (Å²) in [7, 11) is 0. The molecule has 3 rings (SSSR count). The highest BCUT2D eigenvalue weighted by molar-refractivity contribution is 5.39. The summed E-state index contributed by atoms with van der Waals surface area (Å²) in [6.07, 6.45) is 2.16. The molecule has 1 atom stereocenters. The maximum atomic E-state index is 5.75. The number of fused-ring (bicyclic) bond motifs is 1. The molecule has 1 aromatic heterocycles. The van der Waals surface area contributed by atoms with Crippen molar-refractivity contribution in [3.63, 3.8) is 0 Å². The first-order valence-electron chi connectivity index (χ1n) is 6.95. The van der Waals surface area contributed by atoms with Crippen molar-refractivity contribution < 1.29 is 4.74 Å². The van der Waals surface area contributed by atoms with Crippen LogP contribution in [0.2, 0.25) is 0 Å². The van der Waals surface area contributed by atoms with Crippen LogP contribution in [0.3, 0.4) is 0 Å². The minimum Gasteiger partial charge on any atom is -0.493 e. The normalized spacial score (nSPS) is 17.2. The van der Waals surface area contributed by atoms with Gasteiger partial charge in [-0.3, -0.25) is 0 Å². The molecule has 1 aliphatic heterocycles. The van der Waals surface area contributed by atoms with Crippen LogP contribution in [0.5, 0.6) is 5.75 Å². The Morgan fingerprint density at radius 3 is 3.05 bits per heavy atom. The first-order valence-corrected chi connectivity index (χ1v) is 6.95. The molecule has 1 unspecified atom stereocenters. The van der Waals surface area contributed by atoms with Crippen LogP contribution in [0.15, 0.2) is 42.6 Å². The molecule has 2 aromatic rings. The summed E-state index contributed by atoms with van der Waals surface area (Å²) in [5, 5.41) is 3.38. The monoisotopic (exact) mass is 256 g/mol. The summed E-state index contributed by atoms with van der Waals surface area (Å²) in [6.45, 7) is 5.84. The average Bonchev–Trinajstić information content (AvgIpc) is 3.05. The Hall–Kier alpha value is -1.74. The van der Waals surface area contributed by atoms with E-state index in [4.69, 9.17) is 4.74 Å². The molecule has 0 amide bonds. The molecule has 3 heteroatoms. The van der Waals surface area contributed by atoms with Gasteiger partial charge >= 0.3 is 0 Å². The number of hydrogen-bond acceptors (Lipinski definition) is 2. The number of nitrogens with one attached hydrogen (secondary N) is 1. The molecular weight excluding hydrogens is 236 g/mol. The highest BCUT2D eigenvalue weighted by Crippen LogP contribution is 2.34. The van der Waals surface area contributed by atoms with Gasteiger partial charge in [-0.1, -0.05) is 25.1 Å². The van der Waals surface area contributed by atoms with E-state index in [1.807, 2.05) is 6.07 Å². The predicted molar refractivity (Wildman–Crippen MR) is 76.5 cm³/mol. The minimum atomic E-state index is 0.462. The van der Waals surface area contributed by atoms with Crippen LogP contribution in [-0.4, -0.2) is 17.7 Å². The van der Waals surface area contributed by atoms with Gasteiger partial charge in [0.05, 0.1) is 6.61 Å². The molecule has 0 saturated heterocycles. The van der Waals surface area contributed by atoms with Crippen LogP contribution in [0.25, 0.3) is 0 Å². The Labute approximate surface area is 114 Å². The lowest BCUT2D eigenvalue weighted by Gasteiger charge is -2.14. The Morgan fingerprint density at radius 1 is 1.26 bits per heavy atom. The molecular formula is C16H20N2O. The molecule has 0 saturated carbocycles. The van der Waals surface area contributed by atoms with Gasteiger partial charge in [-0.05, 0) is 24.7 Å². The van der Waals surface area contributed by atoms with Crippen LogP contribution in [-0.2, 0) is 13.1 Å². The third kappa shape index (κ3) is 2.51. The van der Waals surface area contributed by atoms with Crippen molar-refractivity contribution in [2.45, 2.75) is 25.9 Å². The first-order chi connectivity index (χ1) is 9.38. The SMILES string of the molecule is CCNCc1cccn1CC1COc2ccccc21. The van der Waals surface area contributed by atoms with Gasteiger partial charge in [-0.2, -0.15) is 0 Å². The zero-order valence-corrected chi connectivity index (χ0v) is 11.3.